The van der Waals surface area contributed by atoms with Crippen molar-refractivity contribution in [1.82, 2.24) is 14.5 Å². The average Bonchev–Trinajstić information content (AvgIpc) is 2.64. The van der Waals surface area contributed by atoms with Gasteiger partial charge in [-0.25, -0.2) is 9.97 Å². The second kappa shape index (κ2) is 4.40. The third-order valence-corrected chi connectivity index (χ3v) is 2.50. The highest BCUT2D eigenvalue weighted by Crippen LogP contribution is 2.13. The highest BCUT2D eigenvalue weighted by atomic mass is 15.1. The molecule has 4 heteroatoms. The van der Waals surface area contributed by atoms with Crippen molar-refractivity contribution < 1.29 is 0 Å². The first-order chi connectivity index (χ1) is 7.36. The fourth-order valence-electron chi connectivity index (χ4n) is 1.71. The van der Waals surface area contributed by atoms with Crippen molar-refractivity contribution in [2.24, 2.45) is 5.73 Å². The number of imidazole rings is 1. The zero-order chi connectivity index (χ0) is 10.7. The van der Waals surface area contributed by atoms with Gasteiger partial charge in [-0.15, -0.1) is 0 Å². The Labute approximate surface area is 89.1 Å². The van der Waals surface area contributed by atoms with Gasteiger partial charge < -0.3 is 10.3 Å². The van der Waals surface area contributed by atoms with Gasteiger partial charge in [-0.2, -0.15) is 0 Å². The van der Waals surface area contributed by atoms with Crippen LogP contribution in [0.5, 0.6) is 0 Å². The molecule has 0 spiro atoms. The molecule has 2 N–H and O–H groups in total. The van der Waals surface area contributed by atoms with Crippen molar-refractivity contribution in [3.8, 4) is 0 Å². The van der Waals surface area contributed by atoms with E-state index in [2.05, 4.69) is 21.5 Å². The van der Waals surface area contributed by atoms with E-state index in [1.807, 2.05) is 12.1 Å². The van der Waals surface area contributed by atoms with Gasteiger partial charge in [-0.1, -0.05) is 13.3 Å². The van der Waals surface area contributed by atoms with E-state index in [0.29, 0.717) is 6.54 Å². The molecule has 0 fully saturated rings. The van der Waals surface area contributed by atoms with Crippen LogP contribution in [0.3, 0.4) is 0 Å². The van der Waals surface area contributed by atoms with Gasteiger partial charge in [0.05, 0.1) is 6.54 Å². The number of hydrogen-bond acceptors (Lipinski definition) is 3. The van der Waals surface area contributed by atoms with Gasteiger partial charge in [0.2, 0.25) is 0 Å². The Kier molecular flexibility index (Phi) is 2.97. The molecule has 0 saturated heterocycles. The topological polar surface area (TPSA) is 56.7 Å². The Bertz CT molecular complexity index is 447. The lowest BCUT2D eigenvalue weighted by molar-refractivity contribution is 0.613. The van der Waals surface area contributed by atoms with Crippen LogP contribution in [0.4, 0.5) is 0 Å². The van der Waals surface area contributed by atoms with E-state index in [-0.39, 0.29) is 0 Å². The molecule has 15 heavy (non-hydrogen) atoms. The number of fused-ring (bicyclic) bond motifs is 1. The lowest BCUT2D eigenvalue weighted by Crippen LogP contribution is -2.08. The lowest BCUT2D eigenvalue weighted by atomic mass is 10.3. The van der Waals surface area contributed by atoms with E-state index in [1.54, 1.807) is 6.20 Å². The number of aryl methyl sites for hydroxylation is 1. The van der Waals surface area contributed by atoms with Gasteiger partial charge in [-0.3, -0.25) is 0 Å². The Morgan fingerprint density at radius 1 is 1.47 bits per heavy atom. The average molecular weight is 204 g/mol. The summed E-state index contributed by atoms with van der Waals surface area (Å²) in [6.45, 7) is 3.60. The summed E-state index contributed by atoms with van der Waals surface area (Å²) < 4.78 is 2.12. The number of unbranched alkanes of at least 4 members (excludes halogenated alkanes) is 1. The number of pyridine rings is 1. The van der Waals surface area contributed by atoms with E-state index < -0.39 is 0 Å². The molecule has 2 heterocycles. The first kappa shape index (κ1) is 10.1. The molecule has 80 valence electrons. The minimum atomic E-state index is 0.472. The van der Waals surface area contributed by atoms with Crippen molar-refractivity contribution in [3.05, 3.63) is 24.2 Å². The SMILES string of the molecule is CCCCn1c(CN)nc2cccnc21. The zero-order valence-corrected chi connectivity index (χ0v) is 8.98. The van der Waals surface area contributed by atoms with Gasteiger partial charge in [-0.05, 0) is 18.6 Å². The number of aromatic nitrogens is 3. The Morgan fingerprint density at radius 2 is 2.33 bits per heavy atom. The van der Waals surface area contributed by atoms with Crippen LogP contribution in [0, 0.1) is 0 Å². The quantitative estimate of drug-likeness (QED) is 0.824. The predicted octanol–water partition coefficient (Wildman–Crippen LogP) is 1.69. The second-order valence-corrected chi connectivity index (χ2v) is 3.58. The lowest BCUT2D eigenvalue weighted by Gasteiger charge is -2.05. The Balaban J connectivity index is 2.47. The molecule has 0 amide bonds. The summed E-state index contributed by atoms with van der Waals surface area (Å²) in [5.41, 5.74) is 7.56. The summed E-state index contributed by atoms with van der Waals surface area (Å²) in [5, 5.41) is 0. The second-order valence-electron chi connectivity index (χ2n) is 3.58. The predicted molar refractivity (Wildman–Crippen MR) is 60.3 cm³/mol. The molecule has 2 aromatic rings. The first-order valence-electron chi connectivity index (χ1n) is 5.37. The van der Waals surface area contributed by atoms with Crippen LogP contribution in [0.2, 0.25) is 0 Å². The summed E-state index contributed by atoms with van der Waals surface area (Å²) >= 11 is 0. The van der Waals surface area contributed by atoms with E-state index in [4.69, 9.17) is 5.73 Å². The number of hydrogen-bond donors (Lipinski definition) is 1. The van der Waals surface area contributed by atoms with Crippen molar-refractivity contribution in [2.45, 2.75) is 32.9 Å². The molecule has 0 unspecified atom stereocenters. The minimum absolute atomic E-state index is 0.472. The van der Waals surface area contributed by atoms with Crippen LogP contribution in [0.15, 0.2) is 18.3 Å². The minimum Gasteiger partial charge on any atom is -0.324 e. The molecule has 2 rings (SSSR count). The fraction of sp³-hybridized carbons (Fsp3) is 0.455. The summed E-state index contributed by atoms with van der Waals surface area (Å²) in [6, 6.07) is 3.88. The van der Waals surface area contributed by atoms with Crippen LogP contribution in [0.25, 0.3) is 11.2 Å². The number of rotatable bonds is 4. The van der Waals surface area contributed by atoms with E-state index >= 15 is 0 Å². The van der Waals surface area contributed by atoms with Crippen molar-refractivity contribution in [3.63, 3.8) is 0 Å². The summed E-state index contributed by atoms with van der Waals surface area (Å²) in [7, 11) is 0. The van der Waals surface area contributed by atoms with Crippen molar-refractivity contribution in [1.29, 1.82) is 0 Å². The zero-order valence-electron chi connectivity index (χ0n) is 8.98. The van der Waals surface area contributed by atoms with Crippen LogP contribution < -0.4 is 5.73 Å². The van der Waals surface area contributed by atoms with Gasteiger partial charge in [0, 0.05) is 12.7 Å². The van der Waals surface area contributed by atoms with Crippen molar-refractivity contribution >= 4 is 11.2 Å². The molecule has 0 saturated carbocycles. The Morgan fingerprint density at radius 3 is 3.07 bits per heavy atom. The van der Waals surface area contributed by atoms with Crippen LogP contribution >= 0.6 is 0 Å². The molecule has 4 nitrogen and oxygen atoms in total. The first-order valence-corrected chi connectivity index (χ1v) is 5.37. The maximum atomic E-state index is 5.68. The normalized spacial score (nSPS) is 11.1. The van der Waals surface area contributed by atoms with Crippen molar-refractivity contribution in [2.75, 3.05) is 0 Å². The molecule has 0 atom stereocenters. The molecular weight excluding hydrogens is 188 g/mol. The molecule has 0 aromatic carbocycles. The van der Waals surface area contributed by atoms with Crippen LogP contribution in [-0.4, -0.2) is 14.5 Å². The largest absolute Gasteiger partial charge is 0.324 e. The maximum absolute atomic E-state index is 5.68. The number of nitrogens with zero attached hydrogens (tertiary/aromatic N) is 3. The number of nitrogens with two attached hydrogens (primary N) is 1. The van der Waals surface area contributed by atoms with E-state index in [9.17, 15) is 0 Å². The highest BCUT2D eigenvalue weighted by molar-refractivity contribution is 5.71. The third-order valence-electron chi connectivity index (χ3n) is 2.50. The van der Waals surface area contributed by atoms with Gasteiger partial charge >= 0.3 is 0 Å². The molecular formula is C11H16N4. The molecule has 0 aliphatic carbocycles. The van der Waals surface area contributed by atoms with Gasteiger partial charge in [0.1, 0.15) is 11.3 Å². The summed E-state index contributed by atoms with van der Waals surface area (Å²) in [4.78, 5) is 8.81. The summed E-state index contributed by atoms with van der Waals surface area (Å²) in [5.74, 6) is 0.928. The fourth-order valence-corrected chi connectivity index (χ4v) is 1.71. The van der Waals surface area contributed by atoms with E-state index in [0.717, 1.165) is 36.4 Å². The van der Waals surface area contributed by atoms with Crippen LogP contribution in [-0.2, 0) is 13.1 Å². The van der Waals surface area contributed by atoms with Gasteiger partial charge in [0.15, 0.2) is 5.65 Å². The molecule has 0 aliphatic rings. The molecule has 0 bridgehead atoms. The third kappa shape index (κ3) is 1.85. The summed E-state index contributed by atoms with van der Waals surface area (Å²) in [6.07, 6.45) is 4.10. The molecule has 0 radical (unpaired) electrons. The highest BCUT2D eigenvalue weighted by Gasteiger charge is 2.08. The van der Waals surface area contributed by atoms with Crippen LogP contribution in [0.1, 0.15) is 25.6 Å². The Hall–Kier alpha value is -1.42. The monoisotopic (exact) mass is 204 g/mol. The molecule has 0 aliphatic heterocycles. The standard InChI is InChI=1S/C11H16N4/c1-2-3-7-15-10(8-12)14-9-5-4-6-13-11(9)15/h4-6H,2-3,7-8,12H2,1H3. The maximum Gasteiger partial charge on any atom is 0.160 e. The smallest absolute Gasteiger partial charge is 0.160 e. The molecule has 2 aromatic heterocycles. The van der Waals surface area contributed by atoms with E-state index in [1.165, 1.54) is 0 Å². The van der Waals surface area contributed by atoms with Gasteiger partial charge in [0.25, 0.3) is 0 Å².